The highest BCUT2D eigenvalue weighted by molar-refractivity contribution is 5.69. The molecular weight excluding hydrogens is 220 g/mol. The zero-order chi connectivity index (χ0) is 12.5. The molecule has 0 aliphatic rings. The van der Waals surface area contributed by atoms with E-state index in [2.05, 4.69) is 15.0 Å². The Bertz CT molecular complexity index is 447. The van der Waals surface area contributed by atoms with Crippen molar-refractivity contribution in [1.82, 2.24) is 4.98 Å². The SMILES string of the molecule is [N-]=[N+]=NCCC=Cc1ccc(CC(=O)O)nc1. The Labute approximate surface area is 98.2 Å². The summed E-state index contributed by atoms with van der Waals surface area (Å²) in [5, 5.41) is 12.0. The fourth-order valence-corrected chi connectivity index (χ4v) is 1.19. The van der Waals surface area contributed by atoms with Gasteiger partial charge in [0, 0.05) is 17.7 Å². The average molecular weight is 232 g/mol. The number of aliphatic carboxylic acids is 1. The van der Waals surface area contributed by atoms with E-state index in [-0.39, 0.29) is 6.42 Å². The minimum atomic E-state index is -0.893. The minimum absolute atomic E-state index is 0.0686. The number of aromatic nitrogens is 1. The molecule has 0 aromatic carbocycles. The molecule has 0 saturated heterocycles. The van der Waals surface area contributed by atoms with Crippen LogP contribution in [0.15, 0.2) is 29.5 Å². The number of carbonyl (C=O) groups is 1. The molecule has 0 saturated carbocycles. The van der Waals surface area contributed by atoms with E-state index in [0.29, 0.717) is 18.7 Å². The molecule has 0 radical (unpaired) electrons. The summed E-state index contributed by atoms with van der Waals surface area (Å²) in [6, 6.07) is 3.48. The lowest BCUT2D eigenvalue weighted by atomic mass is 10.2. The van der Waals surface area contributed by atoms with Crippen LogP contribution in [0.1, 0.15) is 17.7 Å². The number of hydrogen-bond donors (Lipinski definition) is 1. The molecule has 1 rings (SSSR count). The van der Waals surface area contributed by atoms with Gasteiger partial charge in [-0.1, -0.05) is 23.3 Å². The van der Waals surface area contributed by atoms with Crippen molar-refractivity contribution in [3.63, 3.8) is 0 Å². The molecule has 1 N–H and O–H groups in total. The molecule has 0 bridgehead atoms. The number of pyridine rings is 1. The lowest BCUT2D eigenvalue weighted by molar-refractivity contribution is -0.136. The van der Waals surface area contributed by atoms with Crippen molar-refractivity contribution < 1.29 is 9.90 Å². The van der Waals surface area contributed by atoms with Gasteiger partial charge in [0.25, 0.3) is 0 Å². The minimum Gasteiger partial charge on any atom is -0.481 e. The van der Waals surface area contributed by atoms with Crippen molar-refractivity contribution in [3.8, 4) is 0 Å². The van der Waals surface area contributed by atoms with E-state index in [9.17, 15) is 4.79 Å². The van der Waals surface area contributed by atoms with Gasteiger partial charge in [-0.05, 0) is 23.6 Å². The highest BCUT2D eigenvalue weighted by Gasteiger charge is 2.00. The van der Waals surface area contributed by atoms with Gasteiger partial charge < -0.3 is 5.11 Å². The molecule has 1 aromatic rings. The third kappa shape index (κ3) is 5.34. The van der Waals surface area contributed by atoms with Gasteiger partial charge in [0.15, 0.2) is 0 Å². The quantitative estimate of drug-likeness (QED) is 0.353. The lowest BCUT2D eigenvalue weighted by Gasteiger charge is -1.97. The Morgan fingerprint density at radius 1 is 1.59 bits per heavy atom. The van der Waals surface area contributed by atoms with Gasteiger partial charge in [0.05, 0.1) is 12.1 Å². The van der Waals surface area contributed by atoms with Crippen molar-refractivity contribution in [3.05, 3.63) is 46.1 Å². The van der Waals surface area contributed by atoms with Crippen LogP contribution in [-0.4, -0.2) is 22.6 Å². The van der Waals surface area contributed by atoms with Crippen molar-refractivity contribution >= 4 is 12.0 Å². The zero-order valence-corrected chi connectivity index (χ0v) is 9.15. The fourth-order valence-electron chi connectivity index (χ4n) is 1.19. The fraction of sp³-hybridized carbons (Fsp3) is 0.273. The smallest absolute Gasteiger partial charge is 0.309 e. The first-order chi connectivity index (χ1) is 8.22. The van der Waals surface area contributed by atoms with E-state index in [4.69, 9.17) is 10.6 Å². The monoisotopic (exact) mass is 232 g/mol. The van der Waals surface area contributed by atoms with Gasteiger partial charge in [0.1, 0.15) is 0 Å². The van der Waals surface area contributed by atoms with Gasteiger partial charge in [-0.25, -0.2) is 0 Å². The van der Waals surface area contributed by atoms with E-state index < -0.39 is 5.97 Å². The van der Waals surface area contributed by atoms with Gasteiger partial charge in [-0.2, -0.15) is 0 Å². The molecule has 0 atom stereocenters. The Morgan fingerprint density at radius 3 is 3.00 bits per heavy atom. The molecule has 1 heterocycles. The molecule has 0 aliphatic heterocycles. The summed E-state index contributed by atoms with van der Waals surface area (Å²) in [5.74, 6) is -0.893. The average Bonchev–Trinajstić information content (AvgIpc) is 2.30. The van der Waals surface area contributed by atoms with Gasteiger partial charge in [-0.15, -0.1) is 0 Å². The largest absolute Gasteiger partial charge is 0.481 e. The first kappa shape index (κ1) is 12.7. The van der Waals surface area contributed by atoms with Crippen LogP contribution in [0.3, 0.4) is 0 Å². The number of azide groups is 1. The predicted molar refractivity (Wildman–Crippen MR) is 63.2 cm³/mol. The maximum Gasteiger partial charge on any atom is 0.309 e. The third-order valence-electron chi connectivity index (χ3n) is 1.95. The Hall–Kier alpha value is -2.33. The number of rotatable bonds is 6. The van der Waals surface area contributed by atoms with Crippen LogP contribution in [0.2, 0.25) is 0 Å². The number of hydrogen-bond acceptors (Lipinski definition) is 3. The highest BCUT2D eigenvalue weighted by atomic mass is 16.4. The zero-order valence-electron chi connectivity index (χ0n) is 9.15. The molecule has 17 heavy (non-hydrogen) atoms. The van der Waals surface area contributed by atoms with Crippen molar-refractivity contribution in [2.75, 3.05) is 6.54 Å². The molecule has 6 heteroatoms. The van der Waals surface area contributed by atoms with E-state index in [0.717, 1.165) is 5.56 Å². The Balaban J connectivity index is 2.50. The topological polar surface area (TPSA) is 99.0 Å². The molecule has 88 valence electrons. The Kier molecular flexibility index (Phi) is 5.27. The second-order valence-electron chi connectivity index (χ2n) is 3.30. The lowest BCUT2D eigenvalue weighted by Crippen LogP contribution is -2.01. The summed E-state index contributed by atoms with van der Waals surface area (Å²) in [4.78, 5) is 17.1. The molecule has 1 aromatic heterocycles. The summed E-state index contributed by atoms with van der Waals surface area (Å²) in [6.07, 6.45) is 5.94. The second-order valence-corrected chi connectivity index (χ2v) is 3.30. The van der Waals surface area contributed by atoms with Crippen LogP contribution in [0.25, 0.3) is 16.5 Å². The van der Waals surface area contributed by atoms with E-state index in [1.807, 2.05) is 12.2 Å². The molecular formula is C11H12N4O2. The highest BCUT2D eigenvalue weighted by Crippen LogP contribution is 2.04. The Morgan fingerprint density at radius 2 is 2.41 bits per heavy atom. The summed E-state index contributed by atoms with van der Waals surface area (Å²) >= 11 is 0. The van der Waals surface area contributed by atoms with Crippen molar-refractivity contribution in [2.24, 2.45) is 5.11 Å². The maximum atomic E-state index is 10.4. The first-order valence-electron chi connectivity index (χ1n) is 5.06. The number of nitrogens with zero attached hydrogens (tertiary/aromatic N) is 4. The summed E-state index contributed by atoms with van der Waals surface area (Å²) in [7, 11) is 0. The molecule has 0 spiro atoms. The standard InChI is InChI=1S/C11H12N4O2/c12-15-14-6-2-1-3-9-4-5-10(13-8-9)7-11(16)17/h1,3-5,8H,2,6-7H2,(H,16,17). The van der Waals surface area contributed by atoms with Crippen LogP contribution in [0, 0.1) is 0 Å². The number of carboxylic acids is 1. The van der Waals surface area contributed by atoms with Crippen LogP contribution < -0.4 is 0 Å². The van der Waals surface area contributed by atoms with Crippen LogP contribution in [0.5, 0.6) is 0 Å². The molecule has 0 unspecified atom stereocenters. The third-order valence-corrected chi connectivity index (χ3v) is 1.95. The number of carboxylic acid groups (broad SMARTS) is 1. The van der Waals surface area contributed by atoms with Gasteiger partial charge in [0.2, 0.25) is 0 Å². The van der Waals surface area contributed by atoms with Crippen molar-refractivity contribution in [2.45, 2.75) is 12.8 Å². The van der Waals surface area contributed by atoms with E-state index in [1.165, 1.54) is 0 Å². The van der Waals surface area contributed by atoms with Gasteiger partial charge in [-0.3, -0.25) is 9.78 Å². The summed E-state index contributed by atoms with van der Waals surface area (Å²) in [5.41, 5.74) is 9.48. The van der Waals surface area contributed by atoms with Gasteiger partial charge >= 0.3 is 5.97 Å². The molecule has 6 nitrogen and oxygen atoms in total. The second kappa shape index (κ2) is 7.03. The normalized spacial score (nSPS) is 10.1. The van der Waals surface area contributed by atoms with Crippen molar-refractivity contribution in [1.29, 1.82) is 0 Å². The maximum absolute atomic E-state index is 10.4. The predicted octanol–water partition coefficient (Wildman–Crippen LogP) is 2.42. The molecule has 0 amide bonds. The van der Waals surface area contributed by atoms with E-state index >= 15 is 0 Å². The van der Waals surface area contributed by atoms with E-state index in [1.54, 1.807) is 18.3 Å². The molecule has 0 aliphatic carbocycles. The van der Waals surface area contributed by atoms with Crippen LogP contribution in [-0.2, 0) is 11.2 Å². The first-order valence-corrected chi connectivity index (χ1v) is 5.06. The summed E-state index contributed by atoms with van der Waals surface area (Å²) < 4.78 is 0. The molecule has 0 fully saturated rings. The summed E-state index contributed by atoms with van der Waals surface area (Å²) in [6.45, 7) is 0.428. The van der Waals surface area contributed by atoms with Crippen LogP contribution >= 0.6 is 0 Å². The van der Waals surface area contributed by atoms with Crippen LogP contribution in [0.4, 0.5) is 0 Å².